The number of hydrogen-bond donors (Lipinski definition) is 2. The van der Waals surface area contributed by atoms with Crippen molar-refractivity contribution in [3.63, 3.8) is 0 Å². The first-order valence-corrected chi connectivity index (χ1v) is 40.2. The number of ether oxygens (including phenoxy) is 12. The number of nitrogens with zero attached hydrogens (tertiary/aromatic N) is 6. The molecule has 25 heteroatoms. The van der Waals surface area contributed by atoms with Crippen LogP contribution in [-0.2, 0) is 76.0 Å². The maximum absolute atomic E-state index is 11.8. The zero-order chi connectivity index (χ0) is 78.6. The van der Waals surface area contributed by atoms with Gasteiger partial charge in [0.2, 0.25) is 0 Å². The number of morpholine rings is 1. The molecule has 6 rings (SSSR count). The summed E-state index contributed by atoms with van der Waals surface area (Å²) in [7, 11) is 4.82. The largest absolute Gasteiger partial charge is 0.465 e. The summed E-state index contributed by atoms with van der Waals surface area (Å²) < 4.78 is 60.8. The molecule has 2 saturated heterocycles. The van der Waals surface area contributed by atoms with E-state index in [2.05, 4.69) is 57.6 Å². The van der Waals surface area contributed by atoms with E-state index < -0.39 is 5.60 Å². The van der Waals surface area contributed by atoms with Crippen molar-refractivity contribution in [2.45, 2.75) is 222 Å². The number of carbonyl (C=O) groups excluding carboxylic acids is 5. The second-order valence-electron chi connectivity index (χ2n) is 27.9. The summed E-state index contributed by atoms with van der Waals surface area (Å²) in [5.74, 6) is 0.0861. The molecular weight excluding hydrogens is 1370 g/mol. The summed E-state index contributed by atoms with van der Waals surface area (Å²) in [6.07, 6.45) is 28.6. The van der Waals surface area contributed by atoms with Crippen LogP contribution in [0.1, 0.15) is 210 Å². The van der Waals surface area contributed by atoms with Crippen molar-refractivity contribution in [2.24, 2.45) is 5.92 Å². The van der Waals surface area contributed by atoms with Crippen LogP contribution in [0.5, 0.6) is 0 Å². The van der Waals surface area contributed by atoms with Crippen molar-refractivity contribution < 1.29 is 85.9 Å². The molecule has 2 aromatic carbocycles. The first-order chi connectivity index (χ1) is 51.8. The van der Waals surface area contributed by atoms with Gasteiger partial charge in [-0.25, -0.2) is 9.78 Å². The minimum Gasteiger partial charge on any atom is -0.465 e. The number of carbonyl (C=O) groups is 5. The van der Waals surface area contributed by atoms with Gasteiger partial charge in [-0.15, -0.1) is 0 Å². The molecule has 0 radical (unpaired) electrons. The number of hydrogen-bond acceptors (Lipinski definition) is 23. The molecule has 3 heterocycles. The van der Waals surface area contributed by atoms with Crippen molar-refractivity contribution in [3.05, 3.63) is 54.6 Å². The maximum atomic E-state index is 11.8. The topological polar surface area (TPSA) is 261 Å². The molecule has 3 aromatic rings. The number of aliphatic hydroxyl groups excluding tert-OH is 1. The number of unbranched alkanes of at least 4 members (excludes halogenated alkanes) is 12. The Kier molecular flexibility index (Phi) is 63.8. The van der Waals surface area contributed by atoms with Gasteiger partial charge in [0.25, 0.3) is 0 Å². The molecule has 2 aliphatic heterocycles. The average Bonchev–Trinajstić information content (AvgIpc) is 1.69. The Bertz CT molecular complexity index is 2430. The normalized spacial score (nSPS) is 14.1. The highest BCUT2D eigenvalue weighted by atomic mass is 16.7. The number of H-pyrrole nitrogens is 1. The number of aromatic amines is 1. The number of nitrogens with one attached hydrogen (secondary N) is 1. The molecule has 0 unspecified atom stereocenters. The number of rotatable bonds is 49. The van der Waals surface area contributed by atoms with E-state index in [9.17, 15) is 29.1 Å². The number of para-hydroxylation sites is 2. The summed E-state index contributed by atoms with van der Waals surface area (Å²) in [4.78, 5) is 74.1. The van der Waals surface area contributed by atoms with Crippen LogP contribution in [0.2, 0.25) is 0 Å². The highest BCUT2D eigenvalue weighted by Crippen LogP contribution is 2.25. The number of methoxy groups -OCH3 is 3. The molecular formula is C82H147N7O18. The standard InChI is InChI=1S/C21H45N.C13H10N2.C13H23NO3.C12H27NO6.C12H21NO6.C11H21NO3/c1-4-7-10-13-16-19-22(20-17-14-11-8-5-2)21-18-15-12-9-6-3;1-2-6-10(7-3-1)13-14-11-8-4-5-9-12(11)15-13;15-13(12-4-2-1-3-5-12)17-11-8-14-6-9-16-10-7-14;1-14-10-17-7-4-13(5-8-18-11-15-2)6-9-19-12-16-3;1-10(14)17-7-4-13(5-8-18-11(2)15)6-9-19-12(3)16;1-4-11(2,3)15-10(14)12-7-5-9(13)6-8-12/h4-21H2,1-3H3;1-9H,(H,14,15);12H,1-11H2;4-12H2,1-3H3;4-9H2,1-3H3;9,13H,4-8H2,1-3H3. The van der Waals surface area contributed by atoms with Gasteiger partial charge in [-0.1, -0.05) is 166 Å². The highest BCUT2D eigenvalue weighted by Gasteiger charge is 2.28. The monoisotopic (exact) mass is 1520 g/mol. The second kappa shape index (κ2) is 68.6. The molecule has 3 fully saturated rings. The number of aromatic nitrogens is 2. The van der Waals surface area contributed by atoms with Crippen LogP contribution < -0.4 is 0 Å². The van der Waals surface area contributed by atoms with Crippen LogP contribution >= 0.6 is 0 Å². The Morgan fingerprint density at radius 1 is 0.514 bits per heavy atom. The van der Waals surface area contributed by atoms with Crippen LogP contribution in [0.4, 0.5) is 4.79 Å². The number of fused-ring (bicyclic) bond motifs is 1. The maximum Gasteiger partial charge on any atom is 0.410 e. The molecule has 0 spiro atoms. The zero-order valence-electron chi connectivity index (χ0n) is 68.6. The number of imidazole rings is 1. The Labute approximate surface area is 645 Å². The summed E-state index contributed by atoms with van der Waals surface area (Å²) in [6.45, 7) is 34.3. The fraction of sp³-hybridized carbons (Fsp3) is 0.780. The van der Waals surface area contributed by atoms with E-state index in [-0.39, 0.29) is 61.8 Å². The summed E-state index contributed by atoms with van der Waals surface area (Å²) in [5.41, 5.74) is 2.81. The Morgan fingerprint density at radius 2 is 0.935 bits per heavy atom. The smallest absolute Gasteiger partial charge is 0.410 e. The van der Waals surface area contributed by atoms with E-state index in [0.29, 0.717) is 92.4 Å². The van der Waals surface area contributed by atoms with Gasteiger partial charge in [0.1, 0.15) is 58.2 Å². The molecule has 1 amide bonds. The third-order valence-corrected chi connectivity index (χ3v) is 18.2. The van der Waals surface area contributed by atoms with Gasteiger partial charge >= 0.3 is 30.0 Å². The number of amides is 1. The van der Waals surface area contributed by atoms with Gasteiger partial charge in [-0.05, 0) is 97.0 Å². The molecule has 1 aromatic heterocycles. The van der Waals surface area contributed by atoms with E-state index in [0.717, 1.165) is 94.2 Å². The lowest BCUT2D eigenvalue weighted by atomic mass is 9.89. The highest BCUT2D eigenvalue weighted by molar-refractivity contribution is 5.79. The lowest BCUT2D eigenvalue weighted by Gasteiger charge is -2.32. The van der Waals surface area contributed by atoms with Gasteiger partial charge in [-0.2, -0.15) is 0 Å². The molecule has 25 nitrogen and oxygen atoms in total. The number of piperidine rings is 1. The Balaban J connectivity index is 0.000000644. The molecule has 0 atom stereocenters. The SMILES string of the molecule is CC(=O)OCCN(CCOC(C)=O)CCOC(C)=O.CCC(C)(C)OC(=O)N1CCC(O)CC1.CCCCCCCN(CCCCCCC)CCCCCCC.COCOCCN(CCOCOC)CCOCOC.O=C(OCCN1CCOCC1)C1CCCCC1.c1ccc(-c2nc3ccccc3[nH]2)cc1. The third-order valence-electron chi connectivity index (χ3n) is 18.2. The van der Waals surface area contributed by atoms with E-state index in [1.54, 1.807) is 26.2 Å². The van der Waals surface area contributed by atoms with E-state index in [1.165, 1.54) is 156 Å². The number of aliphatic hydroxyl groups is 1. The van der Waals surface area contributed by atoms with Gasteiger partial charge in [0.15, 0.2) is 0 Å². The van der Waals surface area contributed by atoms with Crippen LogP contribution in [0, 0.1) is 5.92 Å². The van der Waals surface area contributed by atoms with Crippen molar-refractivity contribution in [1.82, 2.24) is 34.5 Å². The summed E-state index contributed by atoms with van der Waals surface area (Å²) in [5, 5.41) is 9.31. The zero-order valence-corrected chi connectivity index (χ0v) is 68.6. The first kappa shape index (κ1) is 99.6. The first-order valence-electron chi connectivity index (χ1n) is 40.2. The van der Waals surface area contributed by atoms with Crippen molar-refractivity contribution in [3.8, 4) is 11.4 Å². The van der Waals surface area contributed by atoms with Crippen LogP contribution in [0.3, 0.4) is 0 Å². The van der Waals surface area contributed by atoms with Crippen molar-refractivity contribution in [2.75, 3.05) is 193 Å². The number of esters is 4. The lowest BCUT2D eigenvalue weighted by Crippen LogP contribution is -2.43. The minimum atomic E-state index is -0.396. The van der Waals surface area contributed by atoms with Gasteiger partial charge in [0, 0.05) is 120 Å². The van der Waals surface area contributed by atoms with E-state index >= 15 is 0 Å². The predicted octanol–water partition coefficient (Wildman–Crippen LogP) is 13.8. The lowest BCUT2D eigenvalue weighted by molar-refractivity contribution is -0.150. The van der Waals surface area contributed by atoms with Gasteiger partial charge in [-0.3, -0.25) is 33.9 Å². The summed E-state index contributed by atoms with van der Waals surface area (Å²) in [6, 6.07) is 18.2. The van der Waals surface area contributed by atoms with Gasteiger partial charge < -0.3 is 76.7 Å². The van der Waals surface area contributed by atoms with E-state index in [1.807, 2.05) is 68.1 Å². The molecule has 1 saturated carbocycles. The second-order valence-corrected chi connectivity index (χ2v) is 27.9. The third kappa shape index (κ3) is 57.3. The molecule has 3 aliphatic rings. The molecule has 2 N–H and O–H groups in total. The fourth-order valence-electron chi connectivity index (χ4n) is 11.4. The van der Waals surface area contributed by atoms with E-state index in [4.69, 9.17) is 56.8 Å². The quantitative estimate of drug-likeness (QED) is 0.0230. The molecule has 107 heavy (non-hydrogen) atoms. The number of likely N-dealkylation sites (tertiary alicyclic amines) is 1. The van der Waals surface area contributed by atoms with Crippen molar-refractivity contribution >= 4 is 41.0 Å². The Hall–Kier alpha value is -5.42. The van der Waals surface area contributed by atoms with Crippen LogP contribution in [0.25, 0.3) is 22.4 Å². The minimum absolute atomic E-state index is 0.0259. The van der Waals surface area contributed by atoms with Crippen molar-refractivity contribution in [1.29, 1.82) is 0 Å². The van der Waals surface area contributed by atoms with Gasteiger partial charge in [0.05, 0.1) is 56.1 Å². The van der Waals surface area contributed by atoms with Crippen LogP contribution in [-0.4, -0.2) is 274 Å². The molecule has 0 bridgehead atoms. The average molecular weight is 1520 g/mol. The molecule has 618 valence electrons. The van der Waals surface area contributed by atoms with Crippen LogP contribution in [0.15, 0.2) is 54.6 Å². The molecule has 1 aliphatic carbocycles. The number of benzene rings is 2. The summed E-state index contributed by atoms with van der Waals surface area (Å²) >= 11 is 0. The Morgan fingerprint density at radius 3 is 1.36 bits per heavy atom. The predicted molar refractivity (Wildman–Crippen MR) is 423 cm³/mol. The fourth-order valence-corrected chi connectivity index (χ4v) is 11.4.